The molecular weight excluding hydrogens is 2450 g/mol. The number of hydrogen-bond acceptors (Lipinski definition) is 19. The Balaban J connectivity index is -0.000000168. The number of alkyl halides is 7. The summed E-state index contributed by atoms with van der Waals surface area (Å²) in [6, 6.07) is 9.80. The number of halogens is 19. The van der Waals surface area contributed by atoms with Gasteiger partial charge in [-0.15, -0.1) is 0 Å². The quantitative estimate of drug-likeness (QED) is 0.0197. The van der Waals surface area contributed by atoms with Crippen molar-refractivity contribution in [3.05, 3.63) is 161 Å². The van der Waals surface area contributed by atoms with E-state index in [1.165, 1.54) is 12.8 Å². The van der Waals surface area contributed by atoms with E-state index in [9.17, 15) is 24.0 Å². The van der Waals surface area contributed by atoms with Gasteiger partial charge < -0.3 is 24.8 Å². The van der Waals surface area contributed by atoms with Gasteiger partial charge in [0, 0.05) is 111 Å². The molecule has 0 bridgehead atoms. The van der Waals surface area contributed by atoms with Gasteiger partial charge in [0.1, 0.15) is 27.6 Å². The Bertz CT molecular complexity index is 3480. The minimum atomic E-state index is -1.61. The van der Waals surface area contributed by atoms with Gasteiger partial charge in [0.25, 0.3) is 3.25 Å². The van der Waals surface area contributed by atoms with Crippen LogP contribution in [0.2, 0.25) is 0 Å². The minimum Gasteiger partial charge on any atom is -0.870 e. The van der Waals surface area contributed by atoms with Gasteiger partial charge in [-0.2, -0.15) is 19.2 Å². The number of unbranched alkanes of at least 4 members (excludes halogenated alkanes) is 1. The molecule has 105 heavy (non-hydrogen) atoms. The van der Waals surface area contributed by atoms with Crippen molar-refractivity contribution in [1.29, 1.82) is 0 Å². The van der Waals surface area contributed by atoms with Gasteiger partial charge in [0.2, 0.25) is 0 Å². The van der Waals surface area contributed by atoms with Crippen LogP contribution in [0.15, 0.2) is 122 Å². The number of esters is 3. The van der Waals surface area contributed by atoms with E-state index in [4.69, 9.17) is 80.2 Å². The van der Waals surface area contributed by atoms with Crippen molar-refractivity contribution in [1.82, 2.24) is 29.9 Å². The molecule has 0 aromatic carbocycles. The van der Waals surface area contributed by atoms with E-state index in [0.717, 1.165) is 124 Å². The molecule has 0 amide bonds. The monoisotopic (exact) mass is 2510 g/mol. The predicted octanol–water partition coefficient (Wildman–Crippen LogP) is 22.0. The third-order valence-electron chi connectivity index (χ3n) is 11.0. The summed E-state index contributed by atoms with van der Waals surface area (Å²) in [7, 11) is 0. The Morgan fingerprint density at radius 1 is 0.524 bits per heavy atom. The van der Waals surface area contributed by atoms with Gasteiger partial charge in [-0.1, -0.05) is 123 Å². The number of ether oxygens (including phenoxy) is 3. The van der Waals surface area contributed by atoms with Gasteiger partial charge >= 0.3 is 65.7 Å². The Morgan fingerprint density at radius 2 is 0.867 bits per heavy atom. The van der Waals surface area contributed by atoms with Crippen molar-refractivity contribution in [2.75, 3.05) is 30.5 Å². The van der Waals surface area contributed by atoms with Crippen molar-refractivity contribution >= 4 is 327 Å². The van der Waals surface area contributed by atoms with Crippen LogP contribution in [0.1, 0.15) is 145 Å². The van der Waals surface area contributed by atoms with Crippen molar-refractivity contribution < 1.29 is 97.5 Å². The molecule has 20 nitrogen and oxygen atoms in total. The van der Waals surface area contributed by atoms with Crippen LogP contribution in [-0.4, -0.2) is 116 Å². The van der Waals surface area contributed by atoms with Crippen LogP contribution < -0.4 is 29.6 Å². The number of carboxylic acids is 1. The second-order valence-corrected chi connectivity index (χ2v) is 34.0. The van der Waals surface area contributed by atoms with Gasteiger partial charge in [-0.25, -0.2) is 29.9 Å². The van der Waals surface area contributed by atoms with Crippen molar-refractivity contribution in [3.8, 4) is 0 Å². The van der Waals surface area contributed by atoms with Gasteiger partial charge in [-0.05, 0) is 334 Å². The first-order valence-electron chi connectivity index (χ1n) is 28.9. The molecule has 584 valence electrons. The number of aliphatic carboxylic acids is 1. The minimum absolute atomic E-state index is 0. The Hall–Kier alpha value is 0.530. The summed E-state index contributed by atoms with van der Waals surface area (Å²) in [5, 5.41) is 11.6. The largest absolute Gasteiger partial charge is 1.00 e. The summed E-state index contributed by atoms with van der Waals surface area (Å²) in [5.41, 5.74) is 7.04. The van der Waals surface area contributed by atoms with Crippen molar-refractivity contribution in [3.63, 3.8) is 0 Å². The van der Waals surface area contributed by atoms with Crippen LogP contribution in [0.3, 0.4) is 0 Å². The molecule has 1 unspecified atom stereocenters. The molecular formula is C65H76Br15Cl4N6NaO14. The van der Waals surface area contributed by atoms with Crippen molar-refractivity contribution in [2.24, 2.45) is 5.92 Å². The van der Waals surface area contributed by atoms with E-state index < -0.39 is 9.22 Å². The zero-order chi connectivity index (χ0) is 78.2. The second kappa shape index (κ2) is 75.9. The zero-order valence-corrected chi connectivity index (χ0v) is 84.6. The molecule has 2 N–H and O–H groups in total. The molecule has 0 saturated heterocycles. The number of rotatable bonds is 19. The summed E-state index contributed by atoms with van der Waals surface area (Å²) < 4.78 is 23.3. The van der Waals surface area contributed by atoms with E-state index in [1.54, 1.807) is 44.1 Å². The maximum Gasteiger partial charge on any atom is 1.00 e. The smallest absolute Gasteiger partial charge is 0.870 e. The number of aromatic nitrogens is 6. The van der Waals surface area contributed by atoms with E-state index in [1.807, 2.05) is 65.0 Å². The van der Waals surface area contributed by atoms with E-state index in [-0.39, 0.29) is 98.2 Å². The molecule has 1 aliphatic carbocycles. The topological polar surface area (TPSA) is 309 Å². The van der Waals surface area contributed by atoms with Crippen LogP contribution in [-0.2, 0) is 83.6 Å². The summed E-state index contributed by atoms with van der Waals surface area (Å²) in [6.45, 7) is 12.7. The Labute approximate surface area is 783 Å². The number of nitrogens with zero attached hydrogens (tertiary/aromatic N) is 6. The first kappa shape index (κ1) is 121. The van der Waals surface area contributed by atoms with Crippen LogP contribution in [0.5, 0.6) is 0 Å². The molecule has 7 rings (SSSR count). The predicted molar refractivity (Wildman–Crippen MR) is 463 cm³/mol. The number of carbonyl (C=O) groups excluding carboxylic acids is 8. The fraction of sp³-hybridized carbons (Fsp3) is 0.431. The summed E-state index contributed by atoms with van der Waals surface area (Å²) >= 11 is 69.2. The van der Waals surface area contributed by atoms with E-state index in [0.29, 0.717) is 62.9 Å². The van der Waals surface area contributed by atoms with Crippen LogP contribution >= 0.6 is 285 Å². The molecule has 6 aromatic rings. The molecule has 1 atom stereocenters. The number of aryl methyl sites for hydroxylation is 3. The van der Waals surface area contributed by atoms with Crippen molar-refractivity contribution in [2.45, 2.75) is 142 Å². The molecule has 0 aliphatic heterocycles. The van der Waals surface area contributed by atoms with E-state index >= 15 is 0 Å². The number of ketones is 1. The molecule has 6 aromatic heterocycles. The number of fused-ring (bicyclic) bond motifs is 1. The molecule has 0 radical (unpaired) electrons. The van der Waals surface area contributed by atoms with Gasteiger partial charge in [0.05, 0.1) is 25.7 Å². The van der Waals surface area contributed by atoms with Gasteiger partial charge in [0.15, 0.2) is 5.78 Å². The van der Waals surface area contributed by atoms with E-state index in [2.05, 4.69) is 274 Å². The second-order valence-electron chi connectivity index (χ2n) is 18.5. The molecule has 0 saturated carbocycles. The number of carbonyl (C=O) groups is 5. The van der Waals surface area contributed by atoms with Crippen LogP contribution in [0, 0.1) is 12.8 Å². The third kappa shape index (κ3) is 66.5. The Kier molecular flexibility index (Phi) is 87.6. The fourth-order valence-corrected chi connectivity index (χ4v) is 13.0. The third-order valence-corrected chi connectivity index (χ3v) is 19.8. The van der Waals surface area contributed by atoms with Crippen LogP contribution in [0.4, 0.5) is 0 Å². The molecule has 40 heteroatoms. The maximum absolute atomic E-state index is 11.7. The molecule has 0 spiro atoms. The number of hydrogen-bond donors (Lipinski definition) is 1. The molecule has 1 aliphatic rings. The number of carboxylic acid groups (broad SMARTS) is 1. The number of pyridine rings is 6. The standard InChI is InChI=1S/C12H15Br2NO2.C10H11Br2NO2.C8H7Br2NO2.C8H5Br2NO.C6H4Br3N.C6H5Br2N.C6H12O2.C4H8Br2.CCl4.2CO2.2CH4.Na.H2O/c1-3-8(12(16)17-4-2)5-9-6-10(13)7-15-11(9)14;1-2-15-9(14)4-3-7-5-8(11)6-13-10(7)12;9-6-3-5(1-2-7(12)13)8(10)11-4-6;9-5-3-11-8(10)4-1-2-6(12)7(4)5;7-2-4-1-5(8)3-10-6(4)9;1-4-2-5(7)3-9-6(4)8;1-3-5-6(7)8-4-2;5-3-1-2-4-6;2-1(3,4)5;2*2-1-3;;;;/h6-8H,3-5H2,1-2H3;5-6H,2-4H2,1H3;3-4H,1-2H2,(H,12,13);3H,1-2H2;1,3H,2H2;2-3H,1H3;3-5H2,1-2H3;1-4H2;;;;2*1H4;;1H2/q;;;;;;;;;;;;;+1;/p-1. The number of Topliss-reactive ketones (excluding diaryl/α,β-unsaturated/α-hetero) is 1. The average molecular weight is 2530 g/mol. The first-order valence-corrected chi connectivity index (χ1v) is 43.3. The SMILES string of the molecule is BrCCCCBr.BrCc1cc(Br)cnc1Br.C.C.CCCC(=O)OCC.CCOC(=O)C(CC)Cc1cc(Br)cnc1Br.CCOC(=O)CCc1cc(Br)cnc1Br.Cc1cc(Br)cnc1Br.ClC(Cl)(Cl)Cl.O=C(O)CCc1cc(Br)cnc1Br.O=C1CCc2c(Br)ncc(Br)c21.O=C=O.O=C=O.[Na+].[OH-]. The molecule has 0 fully saturated rings. The summed E-state index contributed by atoms with van der Waals surface area (Å²) in [5.74, 6) is -1.10. The maximum atomic E-state index is 11.7. The molecule has 6 heterocycles. The fourth-order valence-electron chi connectivity index (χ4n) is 6.62. The Morgan fingerprint density at radius 3 is 1.20 bits per heavy atom. The normalized spacial score (nSPS) is 10.0. The van der Waals surface area contributed by atoms with Gasteiger partial charge in [-0.3, -0.25) is 24.0 Å². The zero-order valence-electron chi connectivity index (χ0n) is 55.8. The van der Waals surface area contributed by atoms with Crippen LogP contribution in [0.25, 0.3) is 0 Å². The average Bonchev–Trinajstić information content (AvgIpc) is 1.67. The summed E-state index contributed by atoms with van der Waals surface area (Å²) in [6.07, 6.45) is 19.2. The summed E-state index contributed by atoms with van der Waals surface area (Å²) in [4.78, 5) is 112. The first-order chi connectivity index (χ1) is 47.5.